The zero-order chi connectivity index (χ0) is 13.5. The first-order chi connectivity index (χ1) is 9.29. The lowest BCUT2D eigenvalue weighted by atomic mass is 9.90. The monoisotopic (exact) mass is 281 g/mol. The van der Waals surface area contributed by atoms with Gasteiger partial charge in [0.05, 0.1) is 11.2 Å². The summed E-state index contributed by atoms with van der Waals surface area (Å²) in [5.74, 6) is 0.851. The van der Waals surface area contributed by atoms with Crippen molar-refractivity contribution < 1.29 is 0 Å². The highest BCUT2D eigenvalue weighted by Gasteiger charge is 2.22. The van der Waals surface area contributed by atoms with E-state index in [1.165, 1.54) is 44.6 Å². The molecule has 1 aliphatic heterocycles. The third kappa shape index (κ3) is 4.86. The summed E-state index contributed by atoms with van der Waals surface area (Å²) in [6.07, 6.45) is 5.05. The Morgan fingerprint density at radius 1 is 1.47 bits per heavy atom. The van der Waals surface area contributed by atoms with Gasteiger partial charge in [-0.25, -0.2) is 4.98 Å². The zero-order valence-corrected chi connectivity index (χ0v) is 13.1. The van der Waals surface area contributed by atoms with Gasteiger partial charge in [0.2, 0.25) is 0 Å². The van der Waals surface area contributed by atoms with Crippen LogP contribution in [-0.2, 0) is 6.42 Å². The topological polar surface area (TPSA) is 28.2 Å². The molecule has 0 amide bonds. The van der Waals surface area contributed by atoms with E-state index in [1.807, 2.05) is 5.51 Å². The Hall–Kier alpha value is -0.450. The number of likely N-dealkylation sites (tertiary alicyclic amines) is 1. The van der Waals surface area contributed by atoms with Crippen molar-refractivity contribution in [1.29, 1.82) is 0 Å². The van der Waals surface area contributed by atoms with E-state index in [9.17, 15) is 0 Å². The Labute approximate surface area is 121 Å². The van der Waals surface area contributed by atoms with Crippen molar-refractivity contribution in [2.24, 2.45) is 5.92 Å². The Morgan fingerprint density at radius 2 is 2.26 bits per heavy atom. The van der Waals surface area contributed by atoms with Gasteiger partial charge in [0.25, 0.3) is 0 Å². The van der Waals surface area contributed by atoms with Crippen LogP contribution in [0.1, 0.15) is 38.8 Å². The molecule has 0 spiro atoms. The van der Waals surface area contributed by atoms with E-state index in [4.69, 9.17) is 0 Å². The summed E-state index contributed by atoms with van der Waals surface area (Å²) in [7, 11) is 0. The van der Waals surface area contributed by atoms with Crippen LogP contribution < -0.4 is 5.32 Å². The van der Waals surface area contributed by atoms with E-state index in [1.54, 1.807) is 11.3 Å². The second-order valence-electron chi connectivity index (χ2n) is 5.65. The molecule has 0 radical (unpaired) electrons. The molecule has 1 aliphatic rings. The molecule has 3 nitrogen and oxygen atoms in total. The van der Waals surface area contributed by atoms with Gasteiger partial charge in [-0.2, -0.15) is 0 Å². The Bertz CT molecular complexity index is 331. The molecule has 0 bridgehead atoms. The maximum Gasteiger partial charge on any atom is 0.0794 e. The third-order valence-corrected chi connectivity index (χ3v) is 4.85. The predicted molar refractivity (Wildman–Crippen MR) is 82.7 cm³/mol. The maximum absolute atomic E-state index is 4.33. The molecule has 4 heteroatoms. The lowest BCUT2D eigenvalue weighted by Crippen LogP contribution is -2.42. The van der Waals surface area contributed by atoms with Gasteiger partial charge in [-0.15, -0.1) is 11.3 Å². The van der Waals surface area contributed by atoms with Crippen LogP contribution in [0.3, 0.4) is 0 Å². The molecule has 1 N–H and O–H groups in total. The van der Waals surface area contributed by atoms with Crippen molar-refractivity contribution >= 4 is 11.3 Å². The molecule has 1 aromatic rings. The second-order valence-corrected chi connectivity index (χ2v) is 6.37. The van der Waals surface area contributed by atoms with Crippen LogP contribution in [0.4, 0.5) is 0 Å². The Morgan fingerprint density at radius 3 is 2.89 bits per heavy atom. The number of rotatable bonds is 7. The quantitative estimate of drug-likeness (QED) is 0.833. The zero-order valence-electron chi connectivity index (χ0n) is 12.3. The number of hydrogen-bond donors (Lipinski definition) is 1. The molecular formula is C15H27N3S. The summed E-state index contributed by atoms with van der Waals surface area (Å²) in [5.41, 5.74) is 3.14. The molecule has 0 saturated carbocycles. The van der Waals surface area contributed by atoms with Crippen LogP contribution in [0.15, 0.2) is 10.9 Å². The average Bonchev–Trinajstić information content (AvgIpc) is 2.93. The van der Waals surface area contributed by atoms with Gasteiger partial charge in [0.1, 0.15) is 0 Å². The van der Waals surface area contributed by atoms with Crippen molar-refractivity contribution in [3.8, 4) is 0 Å². The van der Waals surface area contributed by atoms with E-state index >= 15 is 0 Å². The van der Waals surface area contributed by atoms with E-state index < -0.39 is 0 Å². The minimum Gasteiger partial charge on any atom is -0.314 e. The largest absolute Gasteiger partial charge is 0.314 e. The second kappa shape index (κ2) is 7.98. The number of nitrogens with zero attached hydrogens (tertiary/aromatic N) is 2. The fraction of sp³-hybridized carbons (Fsp3) is 0.800. The number of piperidine rings is 1. The summed E-state index contributed by atoms with van der Waals surface area (Å²) >= 11 is 1.69. The molecular weight excluding hydrogens is 254 g/mol. The van der Waals surface area contributed by atoms with Gasteiger partial charge >= 0.3 is 0 Å². The number of aromatic nitrogens is 1. The van der Waals surface area contributed by atoms with Crippen LogP contribution in [0, 0.1) is 5.92 Å². The number of hydrogen-bond acceptors (Lipinski definition) is 4. The molecule has 108 valence electrons. The van der Waals surface area contributed by atoms with Crippen LogP contribution in [0.25, 0.3) is 0 Å². The molecule has 0 aromatic carbocycles. The summed E-state index contributed by atoms with van der Waals surface area (Å²) < 4.78 is 0. The molecule has 1 atom stereocenters. The van der Waals surface area contributed by atoms with E-state index in [0.29, 0.717) is 6.04 Å². The minimum atomic E-state index is 0.641. The highest BCUT2D eigenvalue weighted by atomic mass is 32.1. The molecule has 2 rings (SSSR count). The molecule has 19 heavy (non-hydrogen) atoms. The molecule has 1 aromatic heterocycles. The van der Waals surface area contributed by atoms with Crippen LogP contribution in [0.2, 0.25) is 0 Å². The third-order valence-electron chi connectivity index (χ3n) is 4.21. The van der Waals surface area contributed by atoms with Crippen molar-refractivity contribution in [3.05, 3.63) is 16.6 Å². The summed E-state index contributed by atoms with van der Waals surface area (Å²) in [6.45, 7) is 9.53. The van der Waals surface area contributed by atoms with E-state index in [0.717, 1.165) is 18.9 Å². The molecule has 1 fully saturated rings. The molecule has 2 heterocycles. The normalized spacial score (nSPS) is 19.7. The fourth-order valence-corrected chi connectivity index (χ4v) is 3.54. The first kappa shape index (κ1) is 14.9. The van der Waals surface area contributed by atoms with Crippen LogP contribution >= 0.6 is 11.3 Å². The highest BCUT2D eigenvalue weighted by molar-refractivity contribution is 7.07. The fourth-order valence-electron chi connectivity index (χ4n) is 2.95. The maximum atomic E-state index is 4.33. The average molecular weight is 281 g/mol. The number of nitrogens with one attached hydrogen (secondary N) is 1. The SMILES string of the molecule is CCCN1CCC(C(C)NCCc2cscn2)CC1. The van der Waals surface area contributed by atoms with Gasteiger partial charge in [-0.1, -0.05) is 6.92 Å². The first-order valence-corrected chi connectivity index (χ1v) is 8.56. The summed E-state index contributed by atoms with van der Waals surface area (Å²) in [5, 5.41) is 5.83. The van der Waals surface area contributed by atoms with E-state index in [-0.39, 0.29) is 0 Å². The summed E-state index contributed by atoms with van der Waals surface area (Å²) in [6, 6.07) is 0.641. The van der Waals surface area contributed by atoms with Crippen molar-refractivity contribution in [2.45, 2.75) is 45.6 Å². The van der Waals surface area contributed by atoms with E-state index in [2.05, 4.69) is 34.4 Å². The summed E-state index contributed by atoms with van der Waals surface area (Å²) in [4.78, 5) is 6.94. The standard InChI is InChI=1S/C15H27N3S/c1-3-8-18-9-5-14(6-10-18)13(2)16-7-4-15-11-19-12-17-15/h11-14,16H,3-10H2,1-2H3. The van der Waals surface area contributed by atoms with Gasteiger partial charge < -0.3 is 10.2 Å². The molecule has 1 saturated heterocycles. The van der Waals surface area contributed by atoms with Crippen LogP contribution in [-0.4, -0.2) is 42.1 Å². The van der Waals surface area contributed by atoms with Crippen molar-refractivity contribution in [1.82, 2.24) is 15.2 Å². The lowest BCUT2D eigenvalue weighted by Gasteiger charge is -2.35. The lowest BCUT2D eigenvalue weighted by molar-refractivity contribution is 0.163. The minimum absolute atomic E-state index is 0.641. The van der Waals surface area contributed by atoms with Gasteiger partial charge in [-0.05, 0) is 51.7 Å². The number of thiazole rings is 1. The molecule has 0 aliphatic carbocycles. The Balaban J connectivity index is 1.62. The van der Waals surface area contributed by atoms with Gasteiger partial charge in [-0.3, -0.25) is 0 Å². The predicted octanol–water partition coefficient (Wildman–Crippen LogP) is 2.79. The molecule has 1 unspecified atom stereocenters. The first-order valence-electron chi connectivity index (χ1n) is 7.62. The van der Waals surface area contributed by atoms with Crippen LogP contribution in [0.5, 0.6) is 0 Å². The smallest absolute Gasteiger partial charge is 0.0794 e. The Kier molecular flexibility index (Phi) is 6.28. The van der Waals surface area contributed by atoms with Gasteiger partial charge in [0, 0.05) is 24.4 Å². The highest BCUT2D eigenvalue weighted by Crippen LogP contribution is 2.20. The van der Waals surface area contributed by atoms with Gasteiger partial charge in [0.15, 0.2) is 0 Å². The van der Waals surface area contributed by atoms with Crippen molar-refractivity contribution in [3.63, 3.8) is 0 Å². The van der Waals surface area contributed by atoms with Crippen molar-refractivity contribution in [2.75, 3.05) is 26.2 Å².